The second kappa shape index (κ2) is 7.37. The molecule has 5 nitrogen and oxygen atoms in total. The molecule has 0 aliphatic carbocycles. The van der Waals surface area contributed by atoms with Crippen LogP contribution in [-0.4, -0.2) is 22.0 Å². The number of thiazole rings is 1. The topological polar surface area (TPSA) is 79.3 Å². The Morgan fingerprint density at radius 3 is 2.52 bits per heavy atom. The highest BCUT2D eigenvalue weighted by molar-refractivity contribution is 7.13. The molecular weight excluding hydrogens is 312 g/mol. The van der Waals surface area contributed by atoms with Crippen molar-refractivity contribution >= 4 is 23.2 Å². The Morgan fingerprint density at radius 2 is 1.96 bits per heavy atom. The van der Waals surface area contributed by atoms with E-state index in [0.29, 0.717) is 17.1 Å². The summed E-state index contributed by atoms with van der Waals surface area (Å²) in [5.41, 5.74) is 2.66. The van der Waals surface area contributed by atoms with E-state index in [9.17, 15) is 9.59 Å². The van der Waals surface area contributed by atoms with Crippen molar-refractivity contribution in [2.24, 2.45) is 0 Å². The zero-order chi connectivity index (χ0) is 17.0. The molecule has 0 spiro atoms. The SMILES string of the molecule is CCc1ccccc1CC(=O)NC(C)c1nc(C)c(C(=O)O)s1. The van der Waals surface area contributed by atoms with Gasteiger partial charge in [-0.05, 0) is 31.4 Å². The van der Waals surface area contributed by atoms with Crippen molar-refractivity contribution in [3.05, 3.63) is 51.0 Å². The van der Waals surface area contributed by atoms with E-state index in [0.717, 1.165) is 28.9 Å². The number of nitrogens with one attached hydrogen (secondary N) is 1. The van der Waals surface area contributed by atoms with Gasteiger partial charge in [-0.25, -0.2) is 9.78 Å². The van der Waals surface area contributed by atoms with Gasteiger partial charge in [0.05, 0.1) is 18.2 Å². The molecule has 0 aliphatic rings. The van der Waals surface area contributed by atoms with Crippen LogP contribution in [0.15, 0.2) is 24.3 Å². The average Bonchev–Trinajstić information content (AvgIpc) is 2.90. The highest BCUT2D eigenvalue weighted by atomic mass is 32.1. The lowest BCUT2D eigenvalue weighted by molar-refractivity contribution is -0.121. The van der Waals surface area contributed by atoms with Crippen LogP contribution in [0.5, 0.6) is 0 Å². The maximum atomic E-state index is 12.2. The molecule has 0 saturated heterocycles. The molecule has 0 radical (unpaired) electrons. The minimum atomic E-state index is -0.985. The molecule has 1 aromatic carbocycles. The van der Waals surface area contributed by atoms with E-state index in [-0.39, 0.29) is 16.8 Å². The molecule has 0 saturated carbocycles. The van der Waals surface area contributed by atoms with E-state index in [4.69, 9.17) is 5.11 Å². The van der Waals surface area contributed by atoms with Crippen molar-refractivity contribution in [2.75, 3.05) is 0 Å². The van der Waals surface area contributed by atoms with Crippen LogP contribution in [0.3, 0.4) is 0 Å². The third-order valence-corrected chi connectivity index (χ3v) is 4.93. The number of aryl methyl sites for hydroxylation is 2. The Kier molecular flexibility index (Phi) is 5.50. The number of hydrogen-bond donors (Lipinski definition) is 2. The van der Waals surface area contributed by atoms with Crippen molar-refractivity contribution in [2.45, 2.75) is 39.7 Å². The summed E-state index contributed by atoms with van der Waals surface area (Å²) in [4.78, 5) is 27.8. The first-order valence-corrected chi connectivity index (χ1v) is 8.30. The number of carbonyl (C=O) groups is 2. The lowest BCUT2D eigenvalue weighted by Crippen LogP contribution is -2.28. The molecule has 1 unspecified atom stereocenters. The van der Waals surface area contributed by atoms with Crippen molar-refractivity contribution in [1.82, 2.24) is 10.3 Å². The van der Waals surface area contributed by atoms with Crippen molar-refractivity contribution in [1.29, 1.82) is 0 Å². The molecule has 23 heavy (non-hydrogen) atoms. The summed E-state index contributed by atoms with van der Waals surface area (Å²) in [6.45, 7) is 5.54. The van der Waals surface area contributed by atoms with E-state index >= 15 is 0 Å². The molecule has 6 heteroatoms. The molecule has 0 aliphatic heterocycles. The first-order chi connectivity index (χ1) is 10.9. The molecule has 2 aromatic rings. The summed E-state index contributed by atoms with van der Waals surface area (Å²) in [7, 11) is 0. The maximum Gasteiger partial charge on any atom is 0.347 e. The second-order valence-electron chi connectivity index (χ2n) is 5.36. The van der Waals surface area contributed by atoms with Gasteiger partial charge in [0.1, 0.15) is 9.88 Å². The molecular formula is C17H20N2O3S. The lowest BCUT2D eigenvalue weighted by Gasteiger charge is -2.12. The van der Waals surface area contributed by atoms with Gasteiger partial charge in [-0.2, -0.15) is 0 Å². The van der Waals surface area contributed by atoms with Gasteiger partial charge in [-0.15, -0.1) is 11.3 Å². The van der Waals surface area contributed by atoms with Gasteiger partial charge in [-0.3, -0.25) is 4.79 Å². The number of carboxylic acid groups (broad SMARTS) is 1. The molecule has 1 heterocycles. The first kappa shape index (κ1) is 17.1. The molecule has 122 valence electrons. The molecule has 0 fully saturated rings. The van der Waals surface area contributed by atoms with E-state index < -0.39 is 5.97 Å². The summed E-state index contributed by atoms with van der Waals surface area (Å²) in [5.74, 6) is -1.08. The lowest BCUT2D eigenvalue weighted by atomic mass is 10.0. The van der Waals surface area contributed by atoms with Gasteiger partial charge in [0, 0.05) is 0 Å². The van der Waals surface area contributed by atoms with E-state index in [1.165, 1.54) is 0 Å². The summed E-state index contributed by atoms with van der Waals surface area (Å²) < 4.78 is 0. The zero-order valence-corrected chi connectivity index (χ0v) is 14.2. The second-order valence-corrected chi connectivity index (χ2v) is 6.39. The molecule has 2 N–H and O–H groups in total. The average molecular weight is 332 g/mol. The predicted molar refractivity (Wildman–Crippen MR) is 89.9 cm³/mol. The van der Waals surface area contributed by atoms with Gasteiger partial charge in [0.15, 0.2) is 0 Å². The number of carboxylic acids is 1. The number of hydrogen-bond acceptors (Lipinski definition) is 4. The molecule has 1 aromatic heterocycles. The fourth-order valence-corrected chi connectivity index (χ4v) is 3.31. The van der Waals surface area contributed by atoms with Crippen molar-refractivity contribution < 1.29 is 14.7 Å². The number of nitrogens with zero attached hydrogens (tertiary/aromatic N) is 1. The normalized spacial score (nSPS) is 12.0. The summed E-state index contributed by atoms with van der Waals surface area (Å²) in [6.07, 6.45) is 1.19. The number of aromatic carboxylic acids is 1. The monoisotopic (exact) mass is 332 g/mol. The predicted octanol–water partition coefficient (Wildman–Crippen LogP) is 3.13. The van der Waals surface area contributed by atoms with Gasteiger partial charge in [0.2, 0.25) is 5.91 Å². The summed E-state index contributed by atoms with van der Waals surface area (Å²) in [6, 6.07) is 7.56. The van der Waals surface area contributed by atoms with Crippen molar-refractivity contribution in [3.63, 3.8) is 0 Å². The third-order valence-electron chi connectivity index (χ3n) is 3.61. The van der Waals surface area contributed by atoms with Gasteiger partial charge in [-0.1, -0.05) is 31.2 Å². The number of aromatic nitrogens is 1. The van der Waals surface area contributed by atoms with Crippen LogP contribution in [0.25, 0.3) is 0 Å². The Balaban J connectivity index is 2.05. The third kappa shape index (κ3) is 4.16. The van der Waals surface area contributed by atoms with Gasteiger partial charge >= 0.3 is 5.97 Å². The molecule has 1 atom stereocenters. The van der Waals surface area contributed by atoms with Crippen LogP contribution >= 0.6 is 11.3 Å². The van der Waals surface area contributed by atoms with Gasteiger partial charge < -0.3 is 10.4 Å². The number of amides is 1. The Bertz CT molecular complexity index is 724. The van der Waals surface area contributed by atoms with E-state index in [1.807, 2.05) is 31.2 Å². The van der Waals surface area contributed by atoms with Crippen LogP contribution < -0.4 is 5.32 Å². The van der Waals surface area contributed by atoms with Crippen LogP contribution in [-0.2, 0) is 17.6 Å². The zero-order valence-electron chi connectivity index (χ0n) is 13.4. The van der Waals surface area contributed by atoms with Gasteiger partial charge in [0.25, 0.3) is 0 Å². The maximum absolute atomic E-state index is 12.2. The molecule has 1 amide bonds. The fraction of sp³-hybridized carbons (Fsp3) is 0.353. The Labute approximate surface area is 139 Å². The minimum absolute atomic E-state index is 0.0943. The quantitative estimate of drug-likeness (QED) is 0.852. The van der Waals surface area contributed by atoms with Crippen LogP contribution in [0.4, 0.5) is 0 Å². The van der Waals surface area contributed by atoms with Crippen LogP contribution in [0.1, 0.15) is 51.4 Å². The highest BCUT2D eigenvalue weighted by Gasteiger charge is 2.19. The number of rotatable bonds is 6. The van der Waals surface area contributed by atoms with Crippen LogP contribution in [0, 0.1) is 6.92 Å². The summed E-state index contributed by atoms with van der Waals surface area (Å²) in [5, 5.41) is 12.6. The van der Waals surface area contributed by atoms with E-state index in [2.05, 4.69) is 17.2 Å². The Morgan fingerprint density at radius 1 is 1.30 bits per heavy atom. The van der Waals surface area contributed by atoms with Crippen LogP contribution in [0.2, 0.25) is 0 Å². The smallest absolute Gasteiger partial charge is 0.347 e. The fourth-order valence-electron chi connectivity index (χ4n) is 2.40. The summed E-state index contributed by atoms with van der Waals surface area (Å²) >= 11 is 1.11. The van der Waals surface area contributed by atoms with E-state index in [1.54, 1.807) is 6.92 Å². The molecule has 0 bridgehead atoms. The Hall–Kier alpha value is -2.21. The van der Waals surface area contributed by atoms with Crippen molar-refractivity contribution in [3.8, 4) is 0 Å². The highest BCUT2D eigenvalue weighted by Crippen LogP contribution is 2.23. The standard InChI is InChI=1S/C17H20N2O3S/c1-4-12-7-5-6-8-13(12)9-14(20)18-11(3)16-19-10(2)15(23-16)17(21)22/h5-8,11H,4,9H2,1-3H3,(H,18,20)(H,21,22). The minimum Gasteiger partial charge on any atom is -0.477 e. The largest absolute Gasteiger partial charge is 0.477 e. The number of carbonyl (C=O) groups excluding carboxylic acids is 1. The first-order valence-electron chi connectivity index (χ1n) is 7.49. The molecule has 2 rings (SSSR count). The number of benzene rings is 1.